The van der Waals surface area contributed by atoms with Crippen molar-refractivity contribution in [1.29, 1.82) is 0 Å². The van der Waals surface area contributed by atoms with Crippen molar-refractivity contribution in [1.82, 2.24) is 14.8 Å². The van der Waals surface area contributed by atoms with Gasteiger partial charge in [-0.15, -0.1) is 0 Å². The van der Waals surface area contributed by atoms with Crippen molar-refractivity contribution < 1.29 is 13.9 Å². The van der Waals surface area contributed by atoms with Crippen molar-refractivity contribution in [2.45, 2.75) is 13.0 Å². The summed E-state index contributed by atoms with van der Waals surface area (Å²) in [5.41, 5.74) is 2.82. The maximum Gasteiger partial charge on any atom is 0.161 e. The van der Waals surface area contributed by atoms with Crippen LogP contribution in [0.1, 0.15) is 12.0 Å². The topological polar surface area (TPSA) is 61.2 Å². The molecule has 26 heavy (non-hydrogen) atoms. The first-order valence-corrected chi connectivity index (χ1v) is 8.47. The highest BCUT2D eigenvalue weighted by molar-refractivity contribution is 5.67. The van der Waals surface area contributed by atoms with Crippen LogP contribution in [0.4, 0.5) is 10.2 Å². The summed E-state index contributed by atoms with van der Waals surface area (Å²) in [6.45, 7) is 1.83. The van der Waals surface area contributed by atoms with Gasteiger partial charge >= 0.3 is 0 Å². The number of hydrogen-bond acceptors (Lipinski definition) is 5. The van der Waals surface area contributed by atoms with E-state index >= 15 is 0 Å². The number of fused-ring (bicyclic) bond motifs is 1. The van der Waals surface area contributed by atoms with Gasteiger partial charge in [-0.1, -0.05) is 0 Å². The monoisotopic (exact) mass is 354 g/mol. The standard InChI is InChI=1S/C19H19FN4O2/c1-24-12-14(10-21-18-6-4-15(20)11-22-18)19(23-24)13-3-5-16-17(9-13)26-8-2-7-25-16/h3-6,9,11-12H,2,7-8,10H2,1H3,(H,21,22). The fraction of sp³-hybridized carbons (Fsp3) is 0.263. The van der Waals surface area contributed by atoms with E-state index in [9.17, 15) is 4.39 Å². The molecule has 1 N–H and O–H groups in total. The van der Waals surface area contributed by atoms with Gasteiger partial charge in [-0.05, 0) is 30.3 Å². The van der Waals surface area contributed by atoms with Crippen molar-refractivity contribution >= 4 is 5.82 Å². The Morgan fingerprint density at radius 1 is 1.15 bits per heavy atom. The predicted molar refractivity (Wildman–Crippen MR) is 95.8 cm³/mol. The fourth-order valence-electron chi connectivity index (χ4n) is 2.89. The van der Waals surface area contributed by atoms with Gasteiger partial charge < -0.3 is 14.8 Å². The predicted octanol–water partition coefficient (Wildman–Crippen LogP) is 3.39. The zero-order valence-electron chi connectivity index (χ0n) is 14.4. The van der Waals surface area contributed by atoms with Crippen molar-refractivity contribution in [3.05, 3.63) is 54.1 Å². The maximum absolute atomic E-state index is 13.0. The number of benzene rings is 1. The Morgan fingerprint density at radius 3 is 2.81 bits per heavy atom. The minimum absolute atomic E-state index is 0.357. The maximum atomic E-state index is 13.0. The summed E-state index contributed by atoms with van der Waals surface area (Å²) in [7, 11) is 1.88. The van der Waals surface area contributed by atoms with E-state index in [0.717, 1.165) is 34.7 Å². The van der Waals surface area contributed by atoms with E-state index in [1.807, 2.05) is 31.4 Å². The summed E-state index contributed by atoms with van der Waals surface area (Å²) in [5, 5.41) is 7.78. The van der Waals surface area contributed by atoms with Crippen molar-refractivity contribution in [3.63, 3.8) is 0 Å². The van der Waals surface area contributed by atoms with E-state index in [4.69, 9.17) is 9.47 Å². The fourth-order valence-corrected chi connectivity index (χ4v) is 2.89. The number of rotatable bonds is 4. The molecule has 1 aromatic carbocycles. The van der Waals surface area contributed by atoms with Gasteiger partial charge in [0, 0.05) is 37.3 Å². The highest BCUT2D eigenvalue weighted by Crippen LogP contribution is 2.34. The van der Waals surface area contributed by atoms with Crippen LogP contribution in [0.3, 0.4) is 0 Å². The number of halogens is 1. The van der Waals surface area contributed by atoms with Gasteiger partial charge in [-0.3, -0.25) is 4.68 Å². The lowest BCUT2D eigenvalue weighted by Crippen LogP contribution is -2.02. The zero-order valence-corrected chi connectivity index (χ0v) is 14.4. The summed E-state index contributed by atoms with van der Waals surface area (Å²) in [5.74, 6) is 1.76. The van der Waals surface area contributed by atoms with Gasteiger partial charge in [0.05, 0.1) is 25.1 Å². The molecule has 1 aliphatic heterocycles. The molecule has 0 spiro atoms. The van der Waals surface area contributed by atoms with Gasteiger partial charge in [-0.25, -0.2) is 9.37 Å². The van der Waals surface area contributed by atoms with Crippen LogP contribution in [-0.4, -0.2) is 28.0 Å². The van der Waals surface area contributed by atoms with Crippen LogP contribution in [0, 0.1) is 5.82 Å². The summed E-state index contributed by atoms with van der Waals surface area (Å²) in [4.78, 5) is 4.02. The molecule has 7 heteroatoms. The largest absolute Gasteiger partial charge is 0.490 e. The molecule has 0 aliphatic carbocycles. The molecule has 0 radical (unpaired) electrons. The first-order chi connectivity index (χ1) is 12.7. The van der Waals surface area contributed by atoms with Crippen LogP contribution in [0.2, 0.25) is 0 Å². The second kappa shape index (κ2) is 7.03. The van der Waals surface area contributed by atoms with Crippen molar-refractivity contribution in [3.8, 4) is 22.8 Å². The molecule has 2 aromatic heterocycles. The minimum atomic E-state index is -0.357. The second-order valence-electron chi connectivity index (χ2n) is 6.10. The molecule has 3 heterocycles. The quantitative estimate of drug-likeness (QED) is 0.778. The lowest BCUT2D eigenvalue weighted by molar-refractivity contribution is 0.297. The first-order valence-electron chi connectivity index (χ1n) is 8.47. The Labute approximate surface area is 150 Å². The molecular weight excluding hydrogens is 335 g/mol. The van der Waals surface area contributed by atoms with Crippen LogP contribution in [0.25, 0.3) is 11.3 Å². The van der Waals surface area contributed by atoms with Crippen LogP contribution in [0.15, 0.2) is 42.7 Å². The van der Waals surface area contributed by atoms with E-state index in [-0.39, 0.29) is 5.82 Å². The molecule has 6 nitrogen and oxygen atoms in total. The Kier molecular flexibility index (Phi) is 4.43. The number of ether oxygens (including phenoxy) is 2. The van der Waals surface area contributed by atoms with Gasteiger partial charge in [0.15, 0.2) is 11.5 Å². The molecule has 0 atom stereocenters. The average molecular weight is 354 g/mol. The third-order valence-corrected chi connectivity index (χ3v) is 4.11. The molecule has 4 rings (SSSR count). The highest BCUT2D eigenvalue weighted by Gasteiger charge is 2.15. The molecule has 0 amide bonds. The Balaban J connectivity index is 1.59. The summed E-state index contributed by atoms with van der Waals surface area (Å²) in [6, 6.07) is 8.85. The van der Waals surface area contributed by atoms with Gasteiger partial charge in [0.25, 0.3) is 0 Å². The van der Waals surface area contributed by atoms with E-state index in [0.29, 0.717) is 25.6 Å². The van der Waals surface area contributed by atoms with E-state index < -0.39 is 0 Å². The summed E-state index contributed by atoms with van der Waals surface area (Å²) in [6.07, 6.45) is 4.01. The number of hydrogen-bond donors (Lipinski definition) is 1. The number of aryl methyl sites for hydroxylation is 1. The van der Waals surface area contributed by atoms with Gasteiger partial charge in [0.1, 0.15) is 11.6 Å². The smallest absolute Gasteiger partial charge is 0.161 e. The first kappa shape index (κ1) is 16.4. The molecule has 0 fully saturated rings. The SMILES string of the molecule is Cn1cc(CNc2ccc(F)cn2)c(-c2ccc3c(c2)OCCCO3)n1. The number of aromatic nitrogens is 3. The minimum Gasteiger partial charge on any atom is -0.490 e. The number of anilines is 1. The summed E-state index contributed by atoms with van der Waals surface area (Å²) < 4.78 is 26.2. The lowest BCUT2D eigenvalue weighted by atomic mass is 10.1. The molecule has 1 aliphatic rings. The average Bonchev–Trinajstić information content (AvgIpc) is 2.87. The van der Waals surface area contributed by atoms with Crippen LogP contribution in [-0.2, 0) is 13.6 Å². The number of pyridine rings is 1. The van der Waals surface area contributed by atoms with Crippen LogP contribution >= 0.6 is 0 Å². The van der Waals surface area contributed by atoms with Crippen LogP contribution in [0.5, 0.6) is 11.5 Å². The molecule has 134 valence electrons. The molecule has 0 saturated carbocycles. The molecule has 0 bridgehead atoms. The van der Waals surface area contributed by atoms with E-state index in [1.54, 1.807) is 10.7 Å². The van der Waals surface area contributed by atoms with Crippen LogP contribution < -0.4 is 14.8 Å². The molecule has 0 unspecified atom stereocenters. The molecule has 3 aromatic rings. The Hall–Kier alpha value is -3.09. The zero-order chi connectivity index (χ0) is 17.9. The Morgan fingerprint density at radius 2 is 2.00 bits per heavy atom. The van der Waals surface area contributed by atoms with Crippen molar-refractivity contribution in [2.24, 2.45) is 7.05 Å². The third kappa shape index (κ3) is 3.46. The van der Waals surface area contributed by atoms with E-state index in [2.05, 4.69) is 15.4 Å². The second-order valence-corrected chi connectivity index (χ2v) is 6.10. The lowest BCUT2D eigenvalue weighted by Gasteiger charge is -2.10. The third-order valence-electron chi connectivity index (χ3n) is 4.11. The Bertz CT molecular complexity index is 908. The number of nitrogens with zero attached hydrogens (tertiary/aromatic N) is 3. The normalized spacial score (nSPS) is 13.3. The molecular formula is C19H19FN4O2. The van der Waals surface area contributed by atoms with Crippen molar-refractivity contribution in [2.75, 3.05) is 18.5 Å². The number of nitrogens with one attached hydrogen (secondary N) is 1. The molecule has 0 saturated heterocycles. The van der Waals surface area contributed by atoms with E-state index in [1.165, 1.54) is 12.3 Å². The highest BCUT2D eigenvalue weighted by atomic mass is 19.1. The van der Waals surface area contributed by atoms with Gasteiger partial charge in [-0.2, -0.15) is 5.10 Å². The summed E-state index contributed by atoms with van der Waals surface area (Å²) >= 11 is 0. The van der Waals surface area contributed by atoms with Gasteiger partial charge in [0.2, 0.25) is 0 Å².